The van der Waals surface area contributed by atoms with Crippen molar-refractivity contribution in [1.29, 1.82) is 0 Å². The number of carbonyl (C=O) groups excluding carboxylic acids is 2. The monoisotopic (exact) mass is 418 g/mol. The van der Waals surface area contributed by atoms with E-state index in [9.17, 15) is 9.59 Å². The summed E-state index contributed by atoms with van der Waals surface area (Å²) in [5, 5.41) is 10.0. The summed E-state index contributed by atoms with van der Waals surface area (Å²) in [7, 11) is 0. The number of alkyl carbamates (subject to hydrolysis) is 1. The van der Waals surface area contributed by atoms with Gasteiger partial charge in [0.15, 0.2) is 0 Å². The Bertz CT molecular complexity index is 891. The van der Waals surface area contributed by atoms with E-state index in [0.717, 1.165) is 29.9 Å². The van der Waals surface area contributed by atoms with Gasteiger partial charge in [0, 0.05) is 25.3 Å². The van der Waals surface area contributed by atoms with Crippen LogP contribution in [-0.2, 0) is 17.8 Å². The quantitative estimate of drug-likeness (QED) is 0.638. The van der Waals surface area contributed by atoms with Gasteiger partial charge in [0.2, 0.25) is 5.95 Å². The highest BCUT2D eigenvalue weighted by atomic mass is 16.6. The number of hydrogen-bond donors (Lipinski definition) is 2. The van der Waals surface area contributed by atoms with Crippen LogP contribution in [0.25, 0.3) is 0 Å². The third kappa shape index (κ3) is 6.33. The van der Waals surface area contributed by atoms with E-state index in [2.05, 4.69) is 20.7 Å². The molecule has 0 radical (unpaired) electrons. The number of nitrogens with one attached hydrogen (secondary N) is 2. The van der Waals surface area contributed by atoms with Crippen LogP contribution in [0.15, 0.2) is 6.07 Å². The summed E-state index contributed by atoms with van der Waals surface area (Å²) in [6, 6.07) is 1.77. The highest BCUT2D eigenvalue weighted by molar-refractivity contribution is 6.02. The molecule has 2 rings (SSSR count). The first-order chi connectivity index (χ1) is 14.0. The van der Waals surface area contributed by atoms with Crippen molar-refractivity contribution in [3.05, 3.63) is 28.8 Å². The van der Waals surface area contributed by atoms with Gasteiger partial charge in [-0.25, -0.2) is 9.78 Å². The second kappa shape index (κ2) is 9.77. The Morgan fingerprint density at radius 1 is 1.17 bits per heavy atom. The molecule has 2 N–H and O–H groups in total. The molecule has 0 aromatic carbocycles. The highest BCUT2D eigenvalue weighted by Crippen LogP contribution is 2.17. The van der Waals surface area contributed by atoms with Crippen molar-refractivity contribution < 1.29 is 14.3 Å². The number of aryl methyl sites for hydroxylation is 3. The van der Waals surface area contributed by atoms with E-state index in [1.807, 2.05) is 53.0 Å². The average molecular weight is 419 g/mol. The van der Waals surface area contributed by atoms with Gasteiger partial charge >= 0.3 is 6.09 Å². The Balaban J connectivity index is 1.95. The van der Waals surface area contributed by atoms with Gasteiger partial charge in [-0.2, -0.15) is 5.10 Å². The first-order valence-corrected chi connectivity index (χ1v) is 10.4. The Morgan fingerprint density at radius 3 is 2.50 bits per heavy atom. The zero-order valence-corrected chi connectivity index (χ0v) is 19.1. The molecule has 0 unspecified atom stereocenters. The zero-order valence-electron chi connectivity index (χ0n) is 19.1. The van der Waals surface area contributed by atoms with Crippen LogP contribution in [0, 0.1) is 20.8 Å². The first-order valence-electron chi connectivity index (χ1n) is 10.4. The van der Waals surface area contributed by atoms with Crippen LogP contribution in [0.1, 0.15) is 68.1 Å². The van der Waals surface area contributed by atoms with Gasteiger partial charge in [0.1, 0.15) is 11.3 Å². The molecule has 2 amide bonds. The fourth-order valence-corrected chi connectivity index (χ4v) is 3.06. The average Bonchev–Trinajstić information content (AvgIpc) is 3.14. The summed E-state index contributed by atoms with van der Waals surface area (Å²) in [6.07, 6.45) is 1.19. The van der Waals surface area contributed by atoms with Crippen LogP contribution in [0.2, 0.25) is 0 Å². The normalized spacial score (nSPS) is 11.4. The second-order valence-corrected chi connectivity index (χ2v) is 8.33. The fraction of sp³-hybridized carbons (Fsp3) is 0.619. The summed E-state index contributed by atoms with van der Waals surface area (Å²) in [6.45, 7) is 15.1. The first kappa shape index (κ1) is 23.4. The van der Waals surface area contributed by atoms with Gasteiger partial charge in [-0.3, -0.25) is 14.8 Å². The van der Waals surface area contributed by atoms with E-state index in [4.69, 9.17) is 4.74 Å². The van der Waals surface area contributed by atoms with Crippen molar-refractivity contribution >= 4 is 17.9 Å². The minimum Gasteiger partial charge on any atom is -0.444 e. The smallest absolute Gasteiger partial charge is 0.407 e. The van der Waals surface area contributed by atoms with Gasteiger partial charge in [-0.1, -0.05) is 0 Å². The molecule has 9 nitrogen and oxygen atoms in total. The zero-order chi connectivity index (χ0) is 22.5. The van der Waals surface area contributed by atoms with Gasteiger partial charge in [0.05, 0.1) is 11.4 Å². The van der Waals surface area contributed by atoms with Crippen LogP contribution in [0.3, 0.4) is 0 Å². The molecule has 0 aliphatic heterocycles. The summed E-state index contributed by atoms with van der Waals surface area (Å²) >= 11 is 0. The lowest BCUT2D eigenvalue weighted by atomic mass is 10.2. The number of hydrogen-bond acceptors (Lipinski definition) is 5. The topological polar surface area (TPSA) is 103 Å². The maximum Gasteiger partial charge on any atom is 0.407 e. The predicted octanol–water partition coefficient (Wildman–Crippen LogP) is 3.58. The standard InChI is InChI=1S/C21H34N6O3/c1-8-27-17(13-14(2)25-27)18(28)24-19-23-15(3)16(4)26(19)12-10-9-11-22-20(29)30-21(5,6)7/h13H,8-12H2,1-7H3,(H,22,29)(H,23,24,28). The third-order valence-electron chi connectivity index (χ3n) is 4.59. The highest BCUT2D eigenvalue weighted by Gasteiger charge is 2.18. The number of unbranched alkanes of at least 4 members (excludes halogenated alkanes) is 1. The Labute approximate surface area is 178 Å². The lowest BCUT2D eigenvalue weighted by Gasteiger charge is -2.19. The molecule has 0 aliphatic carbocycles. The number of amides is 2. The summed E-state index contributed by atoms with van der Waals surface area (Å²) < 4.78 is 8.91. The van der Waals surface area contributed by atoms with Crippen LogP contribution >= 0.6 is 0 Å². The Hall–Kier alpha value is -2.84. The van der Waals surface area contributed by atoms with Crippen molar-refractivity contribution in [1.82, 2.24) is 24.6 Å². The summed E-state index contributed by atoms with van der Waals surface area (Å²) in [5.74, 6) is 0.298. The molecule has 30 heavy (non-hydrogen) atoms. The maximum atomic E-state index is 12.8. The van der Waals surface area contributed by atoms with Gasteiger partial charge in [-0.05, 0) is 67.4 Å². The largest absolute Gasteiger partial charge is 0.444 e. The number of aromatic nitrogens is 4. The number of carbonyl (C=O) groups is 2. The number of imidazole rings is 1. The van der Waals surface area contributed by atoms with Crippen LogP contribution in [0.5, 0.6) is 0 Å². The Morgan fingerprint density at radius 2 is 1.87 bits per heavy atom. The minimum atomic E-state index is -0.506. The molecule has 2 heterocycles. The van der Waals surface area contributed by atoms with E-state index in [0.29, 0.717) is 31.3 Å². The van der Waals surface area contributed by atoms with Crippen molar-refractivity contribution in [3.8, 4) is 0 Å². The fourth-order valence-electron chi connectivity index (χ4n) is 3.06. The molecule has 0 atom stereocenters. The molecule has 0 aliphatic rings. The van der Waals surface area contributed by atoms with Crippen molar-refractivity contribution in [2.75, 3.05) is 11.9 Å². The predicted molar refractivity (Wildman–Crippen MR) is 116 cm³/mol. The molecular weight excluding hydrogens is 384 g/mol. The number of nitrogens with zero attached hydrogens (tertiary/aromatic N) is 4. The van der Waals surface area contributed by atoms with Crippen LogP contribution in [0.4, 0.5) is 10.7 Å². The van der Waals surface area contributed by atoms with Crippen molar-refractivity contribution in [2.24, 2.45) is 0 Å². The van der Waals surface area contributed by atoms with Gasteiger partial charge in [0.25, 0.3) is 5.91 Å². The molecule has 0 fully saturated rings. The van der Waals surface area contributed by atoms with Gasteiger partial charge < -0.3 is 14.6 Å². The van der Waals surface area contributed by atoms with Crippen molar-refractivity contribution in [3.63, 3.8) is 0 Å². The van der Waals surface area contributed by atoms with E-state index in [-0.39, 0.29) is 5.91 Å². The van der Waals surface area contributed by atoms with Crippen LogP contribution in [-0.4, -0.2) is 43.5 Å². The summed E-state index contributed by atoms with van der Waals surface area (Å²) in [5.41, 5.74) is 2.69. The second-order valence-electron chi connectivity index (χ2n) is 8.33. The molecule has 0 saturated carbocycles. The van der Waals surface area contributed by atoms with E-state index < -0.39 is 11.7 Å². The molecule has 2 aromatic heterocycles. The Kier molecular flexibility index (Phi) is 7.64. The number of ether oxygens (including phenoxy) is 1. The maximum absolute atomic E-state index is 12.8. The van der Waals surface area contributed by atoms with E-state index in [1.165, 1.54) is 0 Å². The van der Waals surface area contributed by atoms with Crippen LogP contribution < -0.4 is 10.6 Å². The number of anilines is 1. The lowest BCUT2D eigenvalue weighted by molar-refractivity contribution is 0.0526. The third-order valence-corrected chi connectivity index (χ3v) is 4.59. The summed E-state index contributed by atoms with van der Waals surface area (Å²) in [4.78, 5) is 29.0. The molecular formula is C21H34N6O3. The van der Waals surface area contributed by atoms with Crippen molar-refractivity contribution in [2.45, 2.75) is 80.0 Å². The molecule has 0 spiro atoms. The van der Waals surface area contributed by atoms with Gasteiger partial charge in [-0.15, -0.1) is 0 Å². The SMILES string of the molecule is CCn1nc(C)cc1C(=O)Nc1nc(C)c(C)n1CCCCNC(=O)OC(C)(C)C. The minimum absolute atomic E-state index is 0.227. The molecule has 9 heteroatoms. The molecule has 0 saturated heterocycles. The molecule has 0 bridgehead atoms. The number of rotatable bonds is 8. The van der Waals surface area contributed by atoms with E-state index in [1.54, 1.807) is 10.7 Å². The lowest BCUT2D eigenvalue weighted by Crippen LogP contribution is -2.33. The molecule has 2 aromatic rings. The van der Waals surface area contributed by atoms with E-state index >= 15 is 0 Å². The molecule has 166 valence electrons.